The molecule has 2 aromatic carbocycles. The van der Waals surface area contributed by atoms with Crippen molar-refractivity contribution in [1.82, 2.24) is 5.32 Å². The van der Waals surface area contributed by atoms with Crippen LogP contribution in [0.5, 0.6) is 5.75 Å². The van der Waals surface area contributed by atoms with Gasteiger partial charge in [-0.1, -0.05) is 46.3 Å². The molecule has 3 heteroatoms. The molecule has 3 rings (SSSR count). The van der Waals surface area contributed by atoms with Gasteiger partial charge in [-0.3, -0.25) is 0 Å². The van der Waals surface area contributed by atoms with Gasteiger partial charge < -0.3 is 10.1 Å². The van der Waals surface area contributed by atoms with E-state index in [0.717, 1.165) is 16.8 Å². The molecule has 0 bridgehead atoms. The van der Waals surface area contributed by atoms with Crippen molar-refractivity contribution in [2.45, 2.75) is 12.6 Å². The van der Waals surface area contributed by atoms with E-state index in [9.17, 15) is 0 Å². The maximum atomic E-state index is 5.84. The Morgan fingerprint density at radius 1 is 1.17 bits per heavy atom. The summed E-state index contributed by atoms with van der Waals surface area (Å²) in [4.78, 5) is 0. The molecular weight excluding hydrogens is 290 g/mol. The predicted octanol–water partition coefficient (Wildman–Crippen LogP) is 3.67. The third-order valence-electron chi connectivity index (χ3n) is 3.18. The zero-order valence-electron chi connectivity index (χ0n) is 9.90. The van der Waals surface area contributed by atoms with Crippen LogP contribution in [0.1, 0.15) is 17.2 Å². The lowest BCUT2D eigenvalue weighted by molar-refractivity contribution is 0.273. The maximum absolute atomic E-state index is 5.84. The third kappa shape index (κ3) is 2.42. The minimum atomic E-state index is 0.292. The standard InChI is InChI=1S/C15H14BrNO/c16-12-5-3-6-13(8-12)18-10-15-14-7-2-1-4-11(14)9-17-15/h1-8,15,17H,9-10H2. The summed E-state index contributed by atoms with van der Waals surface area (Å²) in [6.07, 6.45) is 0. The Hall–Kier alpha value is -1.32. The lowest BCUT2D eigenvalue weighted by atomic mass is 10.1. The SMILES string of the molecule is Brc1cccc(OCC2NCc3ccccc32)c1. The van der Waals surface area contributed by atoms with Gasteiger partial charge in [-0.05, 0) is 29.3 Å². The third-order valence-corrected chi connectivity index (χ3v) is 3.68. The zero-order valence-corrected chi connectivity index (χ0v) is 11.5. The highest BCUT2D eigenvalue weighted by Crippen LogP contribution is 2.26. The number of benzene rings is 2. The molecule has 1 aliphatic rings. The van der Waals surface area contributed by atoms with E-state index in [1.807, 2.05) is 24.3 Å². The van der Waals surface area contributed by atoms with Crippen molar-refractivity contribution >= 4 is 15.9 Å². The van der Waals surface area contributed by atoms with E-state index in [1.165, 1.54) is 11.1 Å². The smallest absolute Gasteiger partial charge is 0.120 e. The summed E-state index contributed by atoms with van der Waals surface area (Å²) in [6.45, 7) is 1.59. The Morgan fingerprint density at radius 2 is 2.06 bits per heavy atom. The number of fused-ring (bicyclic) bond motifs is 1. The molecule has 0 radical (unpaired) electrons. The van der Waals surface area contributed by atoms with Crippen LogP contribution in [0, 0.1) is 0 Å². The number of hydrogen-bond donors (Lipinski definition) is 1. The van der Waals surface area contributed by atoms with Crippen LogP contribution in [0.2, 0.25) is 0 Å². The molecule has 92 valence electrons. The van der Waals surface area contributed by atoms with Crippen LogP contribution in [0.15, 0.2) is 53.0 Å². The van der Waals surface area contributed by atoms with Gasteiger partial charge in [-0.2, -0.15) is 0 Å². The van der Waals surface area contributed by atoms with Crippen molar-refractivity contribution in [3.8, 4) is 5.75 Å². The molecule has 1 atom stereocenters. The van der Waals surface area contributed by atoms with E-state index < -0.39 is 0 Å². The predicted molar refractivity (Wildman–Crippen MR) is 75.7 cm³/mol. The lowest BCUT2D eigenvalue weighted by Crippen LogP contribution is -2.19. The molecule has 0 saturated carbocycles. The van der Waals surface area contributed by atoms with Gasteiger partial charge >= 0.3 is 0 Å². The first-order valence-electron chi connectivity index (χ1n) is 6.02. The molecule has 0 spiro atoms. The molecule has 2 aromatic rings. The van der Waals surface area contributed by atoms with E-state index in [2.05, 4.69) is 45.5 Å². The number of halogens is 1. The second kappa shape index (κ2) is 5.12. The number of rotatable bonds is 3. The summed E-state index contributed by atoms with van der Waals surface area (Å²) < 4.78 is 6.88. The second-order valence-electron chi connectivity index (χ2n) is 4.40. The van der Waals surface area contributed by atoms with Crippen molar-refractivity contribution < 1.29 is 4.74 Å². The largest absolute Gasteiger partial charge is 0.492 e. The van der Waals surface area contributed by atoms with Gasteiger partial charge in [0.25, 0.3) is 0 Å². The number of nitrogens with one attached hydrogen (secondary N) is 1. The van der Waals surface area contributed by atoms with Gasteiger partial charge in [0, 0.05) is 11.0 Å². The van der Waals surface area contributed by atoms with Crippen LogP contribution in [0.25, 0.3) is 0 Å². The molecule has 0 amide bonds. The summed E-state index contributed by atoms with van der Waals surface area (Å²) >= 11 is 3.45. The Labute approximate surface area is 115 Å². The van der Waals surface area contributed by atoms with E-state index in [1.54, 1.807) is 0 Å². The van der Waals surface area contributed by atoms with Gasteiger partial charge in [0.2, 0.25) is 0 Å². The fraction of sp³-hybridized carbons (Fsp3) is 0.200. The Bertz CT molecular complexity index is 556. The minimum absolute atomic E-state index is 0.292. The maximum Gasteiger partial charge on any atom is 0.120 e. The van der Waals surface area contributed by atoms with Gasteiger partial charge in [0.1, 0.15) is 12.4 Å². The number of ether oxygens (including phenoxy) is 1. The van der Waals surface area contributed by atoms with Crippen LogP contribution < -0.4 is 10.1 Å². The van der Waals surface area contributed by atoms with Crippen molar-refractivity contribution in [2.75, 3.05) is 6.61 Å². The Balaban J connectivity index is 1.69. The summed E-state index contributed by atoms with van der Waals surface area (Å²) in [5.41, 5.74) is 2.73. The first kappa shape index (κ1) is 11.8. The molecule has 0 aromatic heterocycles. The summed E-state index contributed by atoms with van der Waals surface area (Å²) in [7, 11) is 0. The molecule has 18 heavy (non-hydrogen) atoms. The first-order chi connectivity index (χ1) is 8.83. The van der Waals surface area contributed by atoms with Crippen LogP contribution in [0.3, 0.4) is 0 Å². The van der Waals surface area contributed by atoms with Crippen molar-refractivity contribution in [3.63, 3.8) is 0 Å². The molecule has 1 heterocycles. The van der Waals surface area contributed by atoms with Crippen LogP contribution >= 0.6 is 15.9 Å². The van der Waals surface area contributed by atoms with E-state index in [4.69, 9.17) is 4.74 Å². The van der Waals surface area contributed by atoms with Gasteiger partial charge in [0.15, 0.2) is 0 Å². The highest BCUT2D eigenvalue weighted by Gasteiger charge is 2.21. The molecule has 1 aliphatic heterocycles. The highest BCUT2D eigenvalue weighted by molar-refractivity contribution is 9.10. The fourth-order valence-electron chi connectivity index (χ4n) is 2.26. The molecular formula is C15H14BrNO. The van der Waals surface area contributed by atoms with Crippen LogP contribution in [-0.2, 0) is 6.54 Å². The van der Waals surface area contributed by atoms with Crippen molar-refractivity contribution in [2.24, 2.45) is 0 Å². The van der Waals surface area contributed by atoms with E-state index in [0.29, 0.717) is 12.6 Å². The summed E-state index contributed by atoms with van der Waals surface area (Å²) in [5.74, 6) is 0.899. The summed E-state index contributed by atoms with van der Waals surface area (Å²) in [6, 6.07) is 16.7. The second-order valence-corrected chi connectivity index (χ2v) is 5.32. The van der Waals surface area contributed by atoms with Gasteiger partial charge in [0.05, 0.1) is 6.04 Å². The average Bonchev–Trinajstić information content (AvgIpc) is 2.80. The molecule has 0 aliphatic carbocycles. The normalized spacial score (nSPS) is 17.5. The Kier molecular flexibility index (Phi) is 3.35. The van der Waals surface area contributed by atoms with Crippen molar-refractivity contribution in [1.29, 1.82) is 0 Å². The first-order valence-corrected chi connectivity index (χ1v) is 6.82. The number of hydrogen-bond acceptors (Lipinski definition) is 2. The molecule has 1 N–H and O–H groups in total. The van der Waals surface area contributed by atoms with Gasteiger partial charge in [-0.15, -0.1) is 0 Å². The molecule has 0 fully saturated rings. The zero-order chi connectivity index (χ0) is 12.4. The van der Waals surface area contributed by atoms with Crippen molar-refractivity contribution in [3.05, 3.63) is 64.1 Å². The summed E-state index contributed by atoms with van der Waals surface area (Å²) in [5, 5.41) is 3.47. The topological polar surface area (TPSA) is 21.3 Å². The highest BCUT2D eigenvalue weighted by atomic mass is 79.9. The molecule has 1 unspecified atom stereocenters. The lowest BCUT2D eigenvalue weighted by Gasteiger charge is -2.13. The van der Waals surface area contributed by atoms with Crippen LogP contribution in [-0.4, -0.2) is 6.61 Å². The van der Waals surface area contributed by atoms with Gasteiger partial charge in [-0.25, -0.2) is 0 Å². The molecule has 0 saturated heterocycles. The van der Waals surface area contributed by atoms with E-state index in [-0.39, 0.29) is 0 Å². The van der Waals surface area contributed by atoms with Crippen LogP contribution in [0.4, 0.5) is 0 Å². The monoisotopic (exact) mass is 303 g/mol. The van der Waals surface area contributed by atoms with E-state index >= 15 is 0 Å². The molecule has 2 nitrogen and oxygen atoms in total. The Morgan fingerprint density at radius 3 is 2.94 bits per heavy atom. The quantitative estimate of drug-likeness (QED) is 0.934. The average molecular weight is 304 g/mol. The minimum Gasteiger partial charge on any atom is -0.492 e. The fourth-order valence-corrected chi connectivity index (χ4v) is 2.64.